The molecule has 1 atom stereocenters. The van der Waals surface area contributed by atoms with Gasteiger partial charge in [0.2, 0.25) is 5.91 Å². The molecule has 2 aromatic rings. The van der Waals surface area contributed by atoms with Crippen molar-refractivity contribution in [2.45, 2.75) is 12.3 Å². The summed E-state index contributed by atoms with van der Waals surface area (Å²) in [5, 5.41) is 3.79. The lowest BCUT2D eigenvalue weighted by molar-refractivity contribution is -0.115. The molecule has 1 aliphatic heterocycles. The van der Waals surface area contributed by atoms with Crippen LogP contribution < -0.4 is 4.90 Å². The minimum atomic E-state index is -0.122. The smallest absolute Gasteiger partial charge is 0.239 e. The Hall–Kier alpha value is -1.82. The molecule has 18 heavy (non-hydrogen) atoms. The van der Waals surface area contributed by atoms with Gasteiger partial charge >= 0.3 is 0 Å². The molecular formula is C12H11N3O2S. The van der Waals surface area contributed by atoms with Crippen molar-refractivity contribution in [2.24, 2.45) is 0 Å². The zero-order valence-corrected chi connectivity index (χ0v) is 10.6. The average molecular weight is 261 g/mol. The summed E-state index contributed by atoms with van der Waals surface area (Å²) in [6, 6.07) is 7.45. The first kappa shape index (κ1) is 11.3. The van der Waals surface area contributed by atoms with E-state index in [0.717, 1.165) is 5.69 Å². The SMILES string of the molecule is Cc1cc(N2C(=O)CSC2c2ccccn2)no1. The average Bonchev–Trinajstić information content (AvgIpc) is 2.96. The highest BCUT2D eigenvalue weighted by atomic mass is 32.2. The summed E-state index contributed by atoms with van der Waals surface area (Å²) in [7, 11) is 0. The Bertz CT molecular complexity index is 570. The van der Waals surface area contributed by atoms with E-state index in [1.54, 1.807) is 35.8 Å². The van der Waals surface area contributed by atoms with Gasteiger partial charge in [0, 0.05) is 12.3 Å². The van der Waals surface area contributed by atoms with Crippen LogP contribution in [-0.2, 0) is 4.79 Å². The number of amides is 1. The zero-order valence-electron chi connectivity index (χ0n) is 9.74. The van der Waals surface area contributed by atoms with Crippen molar-refractivity contribution in [1.29, 1.82) is 0 Å². The van der Waals surface area contributed by atoms with Crippen LogP contribution in [0, 0.1) is 6.92 Å². The lowest BCUT2D eigenvalue weighted by Crippen LogP contribution is -2.28. The molecule has 1 aliphatic rings. The maximum Gasteiger partial charge on any atom is 0.239 e. The Morgan fingerprint density at radius 3 is 3.06 bits per heavy atom. The van der Waals surface area contributed by atoms with Crippen LogP contribution in [0.15, 0.2) is 35.0 Å². The molecule has 92 valence electrons. The quantitative estimate of drug-likeness (QED) is 0.829. The highest BCUT2D eigenvalue weighted by Gasteiger charge is 2.36. The number of carbonyl (C=O) groups excluding carboxylic acids is 1. The molecule has 2 aromatic heterocycles. The summed E-state index contributed by atoms with van der Waals surface area (Å²) in [5.74, 6) is 1.71. The standard InChI is InChI=1S/C12H11N3O2S/c1-8-6-10(14-17-8)15-11(16)7-18-12(15)9-4-2-3-5-13-9/h2-6,12H,7H2,1H3. The van der Waals surface area contributed by atoms with E-state index in [9.17, 15) is 4.79 Å². The van der Waals surface area contributed by atoms with Crippen LogP contribution in [0.4, 0.5) is 5.82 Å². The molecule has 1 fully saturated rings. The van der Waals surface area contributed by atoms with E-state index >= 15 is 0 Å². The van der Waals surface area contributed by atoms with Gasteiger partial charge in [-0.15, -0.1) is 11.8 Å². The fraction of sp³-hybridized carbons (Fsp3) is 0.250. The second-order valence-corrected chi connectivity index (χ2v) is 5.05. The molecule has 0 bridgehead atoms. The Kier molecular flexibility index (Phi) is 2.79. The van der Waals surface area contributed by atoms with Crippen LogP contribution in [0.25, 0.3) is 0 Å². The Labute approximate surface area is 108 Å². The maximum absolute atomic E-state index is 12.0. The second-order valence-electron chi connectivity index (χ2n) is 3.98. The number of thioether (sulfide) groups is 1. The third kappa shape index (κ3) is 1.88. The Balaban J connectivity index is 1.98. The number of carbonyl (C=O) groups is 1. The first-order chi connectivity index (χ1) is 8.75. The summed E-state index contributed by atoms with van der Waals surface area (Å²) >= 11 is 1.55. The molecule has 1 amide bonds. The number of hydrogen-bond acceptors (Lipinski definition) is 5. The highest BCUT2D eigenvalue weighted by Crippen LogP contribution is 2.40. The Morgan fingerprint density at radius 2 is 2.39 bits per heavy atom. The summed E-state index contributed by atoms with van der Waals surface area (Å²) in [5.41, 5.74) is 0.856. The van der Waals surface area contributed by atoms with Gasteiger partial charge in [-0.05, 0) is 19.1 Å². The molecule has 0 aromatic carbocycles. The molecule has 1 unspecified atom stereocenters. The minimum Gasteiger partial charge on any atom is -0.360 e. The first-order valence-corrected chi connectivity index (χ1v) is 6.58. The van der Waals surface area contributed by atoms with Crippen molar-refractivity contribution in [3.63, 3.8) is 0 Å². The molecule has 0 spiro atoms. The van der Waals surface area contributed by atoms with E-state index in [1.807, 2.05) is 18.2 Å². The van der Waals surface area contributed by atoms with Gasteiger partial charge in [-0.3, -0.25) is 14.7 Å². The fourth-order valence-electron chi connectivity index (χ4n) is 1.88. The van der Waals surface area contributed by atoms with Gasteiger partial charge < -0.3 is 4.52 Å². The van der Waals surface area contributed by atoms with Crippen LogP contribution >= 0.6 is 11.8 Å². The number of aryl methyl sites for hydroxylation is 1. The van der Waals surface area contributed by atoms with E-state index in [-0.39, 0.29) is 11.3 Å². The van der Waals surface area contributed by atoms with Crippen molar-refractivity contribution >= 4 is 23.5 Å². The van der Waals surface area contributed by atoms with Crippen LogP contribution in [0.1, 0.15) is 16.8 Å². The van der Waals surface area contributed by atoms with Gasteiger partial charge in [-0.25, -0.2) is 0 Å². The van der Waals surface area contributed by atoms with Gasteiger partial charge in [-0.1, -0.05) is 11.2 Å². The lowest BCUT2D eigenvalue weighted by Gasteiger charge is -2.20. The minimum absolute atomic E-state index is 0.0314. The zero-order chi connectivity index (χ0) is 12.5. The number of nitrogens with zero attached hydrogens (tertiary/aromatic N) is 3. The van der Waals surface area contributed by atoms with Gasteiger partial charge in [0.15, 0.2) is 5.82 Å². The highest BCUT2D eigenvalue weighted by molar-refractivity contribution is 8.00. The van der Waals surface area contributed by atoms with E-state index in [1.165, 1.54) is 0 Å². The topological polar surface area (TPSA) is 59.2 Å². The predicted octanol–water partition coefficient (Wildman–Crippen LogP) is 2.16. The summed E-state index contributed by atoms with van der Waals surface area (Å²) in [6.07, 6.45) is 1.73. The summed E-state index contributed by atoms with van der Waals surface area (Å²) < 4.78 is 5.04. The fourth-order valence-corrected chi connectivity index (χ4v) is 3.00. The number of hydrogen-bond donors (Lipinski definition) is 0. The maximum atomic E-state index is 12.0. The van der Waals surface area contributed by atoms with Crippen molar-refractivity contribution < 1.29 is 9.32 Å². The van der Waals surface area contributed by atoms with Gasteiger partial charge in [0.25, 0.3) is 0 Å². The van der Waals surface area contributed by atoms with Crippen LogP contribution in [0.3, 0.4) is 0 Å². The number of rotatable bonds is 2. The van der Waals surface area contributed by atoms with E-state index in [2.05, 4.69) is 10.1 Å². The van der Waals surface area contributed by atoms with Gasteiger partial charge in [-0.2, -0.15) is 0 Å². The van der Waals surface area contributed by atoms with E-state index in [4.69, 9.17) is 4.52 Å². The molecule has 0 N–H and O–H groups in total. The predicted molar refractivity (Wildman–Crippen MR) is 68.2 cm³/mol. The van der Waals surface area contributed by atoms with Gasteiger partial charge in [0.1, 0.15) is 11.1 Å². The summed E-state index contributed by atoms with van der Waals surface area (Å²) in [4.78, 5) is 17.9. The molecule has 0 saturated carbocycles. The van der Waals surface area contributed by atoms with Gasteiger partial charge in [0.05, 0.1) is 11.4 Å². The molecule has 5 nitrogen and oxygen atoms in total. The molecule has 6 heteroatoms. The number of anilines is 1. The first-order valence-electron chi connectivity index (χ1n) is 5.53. The van der Waals surface area contributed by atoms with E-state index < -0.39 is 0 Å². The Morgan fingerprint density at radius 1 is 1.50 bits per heavy atom. The third-order valence-electron chi connectivity index (χ3n) is 2.67. The lowest BCUT2D eigenvalue weighted by atomic mass is 10.3. The largest absolute Gasteiger partial charge is 0.360 e. The normalized spacial score (nSPS) is 19.5. The molecule has 1 saturated heterocycles. The van der Waals surface area contributed by atoms with Crippen molar-refractivity contribution in [3.8, 4) is 0 Å². The molecule has 0 radical (unpaired) electrons. The van der Waals surface area contributed by atoms with E-state index in [0.29, 0.717) is 17.3 Å². The van der Waals surface area contributed by atoms with Crippen molar-refractivity contribution in [3.05, 3.63) is 41.9 Å². The molecular weight excluding hydrogens is 250 g/mol. The second kappa shape index (κ2) is 4.45. The molecule has 3 heterocycles. The number of aromatic nitrogens is 2. The number of pyridine rings is 1. The van der Waals surface area contributed by atoms with Crippen LogP contribution in [0.5, 0.6) is 0 Å². The molecule has 0 aliphatic carbocycles. The van der Waals surface area contributed by atoms with Crippen molar-refractivity contribution in [2.75, 3.05) is 10.7 Å². The monoisotopic (exact) mass is 261 g/mol. The van der Waals surface area contributed by atoms with Crippen LogP contribution in [-0.4, -0.2) is 21.8 Å². The summed E-state index contributed by atoms with van der Waals surface area (Å²) in [6.45, 7) is 1.81. The van der Waals surface area contributed by atoms with Crippen molar-refractivity contribution in [1.82, 2.24) is 10.1 Å². The van der Waals surface area contributed by atoms with Crippen LogP contribution in [0.2, 0.25) is 0 Å². The third-order valence-corrected chi connectivity index (χ3v) is 3.85. The molecule has 3 rings (SSSR count).